The van der Waals surface area contributed by atoms with Crippen molar-refractivity contribution in [2.24, 2.45) is 11.5 Å². The van der Waals surface area contributed by atoms with Crippen molar-refractivity contribution in [2.75, 3.05) is 0 Å². The number of nitrogens with two attached hydrogens (primary N) is 2. The molecule has 0 aliphatic carbocycles. The Labute approximate surface area is 209 Å². The maximum Gasteiger partial charge on any atom is 0.343 e. The van der Waals surface area contributed by atoms with Crippen LogP contribution in [0.25, 0.3) is 6.08 Å². The summed E-state index contributed by atoms with van der Waals surface area (Å²) in [6.07, 6.45) is 4.94. The van der Waals surface area contributed by atoms with Crippen LogP contribution in [-0.2, 0) is 14.4 Å². The molecule has 0 spiro atoms. The minimum absolute atomic E-state index is 0.0932. The molecule has 0 radical (unpaired) electrons. The summed E-state index contributed by atoms with van der Waals surface area (Å²) >= 11 is 0. The zero-order chi connectivity index (χ0) is 27.1. The minimum Gasteiger partial charge on any atom is -0.480 e. The van der Waals surface area contributed by atoms with E-state index in [9.17, 15) is 19.2 Å². The number of hydrogen-bond acceptors (Lipinski definition) is 6. The van der Waals surface area contributed by atoms with Crippen LogP contribution in [0.3, 0.4) is 0 Å². The summed E-state index contributed by atoms with van der Waals surface area (Å²) in [5.74, 6) is -2.97. The number of carbonyl (C=O) groups excluding carboxylic acids is 3. The van der Waals surface area contributed by atoms with Gasteiger partial charge >= 0.3 is 11.9 Å². The summed E-state index contributed by atoms with van der Waals surface area (Å²) in [5, 5.41) is 18.7. The van der Waals surface area contributed by atoms with Crippen molar-refractivity contribution in [3.63, 3.8) is 0 Å². The fourth-order valence-corrected chi connectivity index (χ4v) is 2.53. The van der Waals surface area contributed by atoms with Crippen LogP contribution in [0.1, 0.15) is 61.0 Å². The van der Waals surface area contributed by atoms with Crippen molar-refractivity contribution >= 4 is 35.7 Å². The van der Waals surface area contributed by atoms with E-state index >= 15 is 0 Å². The van der Waals surface area contributed by atoms with Crippen LogP contribution in [0.4, 0.5) is 0 Å². The van der Waals surface area contributed by atoms with Gasteiger partial charge in [0.1, 0.15) is 17.6 Å². The molecule has 2 amide bonds. The van der Waals surface area contributed by atoms with Crippen LogP contribution in [0, 0.1) is 5.41 Å². The van der Waals surface area contributed by atoms with E-state index in [0.717, 1.165) is 6.08 Å². The topological polar surface area (TPSA) is 186 Å². The lowest BCUT2D eigenvalue weighted by atomic mass is 10.1. The lowest BCUT2D eigenvalue weighted by molar-refractivity contribution is -0.141. The first-order chi connectivity index (χ1) is 17.1. The van der Waals surface area contributed by atoms with Crippen molar-refractivity contribution in [3.8, 4) is 5.75 Å². The summed E-state index contributed by atoms with van der Waals surface area (Å²) in [5.41, 5.74) is 11.7. The number of rotatable bonds is 11. The molecule has 10 heteroatoms. The maximum atomic E-state index is 12.2. The van der Waals surface area contributed by atoms with Crippen molar-refractivity contribution in [1.29, 1.82) is 5.41 Å². The Morgan fingerprint density at radius 1 is 0.972 bits per heavy atom. The molecule has 0 bridgehead atoms. The second-order valence-corrected chi connectivity index (χ2v) is 7.69. The number of carboxylic acid groups (broad SMARTS) is 1. The van der Waals surface area contributed by atoms with Gasteiger partial charge in [-0.3, -0.25) is 15.0 Å². The molecule has 1 atom stereocenters. The van der Waals surface area contributed by atoms with Crippen molar-refractivity contribution in [3.05, 3.63) is 71.3 Å². The first-order valence-corrected chi connectivity index (χ1v) is 11.3. The largest absolute Gasteiger partial charge is 0.480 e. The van der Waals surface area contributed by atoms with E-state index in [1.165, 1.54) is 43.2 Å². The van der Waals surface area contributed by atoms with E-state index in [4.69, 9.17) is 26.7 Å². The van der Waals surface area contributed by atoms with Gasteiger partial charge in [0.25, 0.3) is 0 Å². The van der Waals surface area contributed by atoms with Crippen molar-refractivity contribution in [2.45, 2.75) is 45.6 Å². The van der Waals surface area contributed by atoms with Crippen LogP contribution in [0.5, 0.6) is 5.75 Å². The first kappa shape index (κ1) is 29.6. The van der Waals surface area contributed by atoms with E-state index in [2.05, 4.69) is 19.2 Å². The SMILES string of the molecule is CCCC.N=C(N)c1ccc(OC(=O)c2ccc(/C=C/C(=O)N[C@@H](CCC(N)=O)C(=O)O)cc2)cc1. The van der Waals surface area contributed by atoms with E-state index < -0.39 is 29.8 Å². The molecule has 10 nitrogen and oxygen atoms in total. The Kier molecular flexibility index (Phi) is 12.7. The van der Waals surface area contributed by atoms with E-state index in [1.54, 1.807) is 24.3 Å². The van der Waals surface area contributed by atoms with Crippen LogP contribution in [0.15, 0.2) is 54.6 Å². The molecule has 0 heterocycles. The summed E-state index contributed by atoms with van der Waals surface area (Å²) in [6, 6.07) is 11.1. The molecule has 0 saturated heterocycles. The average molecular weight is 497 g/mol. The highest BCUT2D eigenvalue weighted by atomic mass is 16.5. The van der Waals surface area contributed by atoms with Crippen molar-refractivity contribution < 1.29 is 29.0 Å². The van der Waals surface area contributed by atoms with Crippen molar-refractivity contribution in [1.82, 2.24) is 5.32 Å². The van der Waals surface area contributed by atoms with E-state index in [1.807, 2.05) is 0 Å². The minimum atomic E-state index is -1.27. The molecule has 7 N–H and O–H groups in total. The highest BCUT2D eigenvalue weighted by molar-refractivity contribution is 5.96. The van der Waals surface area contributed by atoms with Gasteiger partial charge in [0.15, 0.2) is 0 Å². The molecule has 0 aliphatic heterocycles. The van der Waals surface area contributed by atoms with E-state index in [0.29, 0.717) is 16.9 Å². The molecule has 0 fully saturated rings. The lowest BCUT2D eigenvalue weighted by Crippen LogP contribution is -2.40. The zero-order valence-corrected chi connectivity index (χ0v) is 20.3. The van der Waals surface area contributed by atoms with Gasteiger partial charge in [0.2, 0.25) is 11.8 Å². The number of nitrogen functional groups attached to an aromatic ring is 1. The number of hydrogen-bond donors (Lipinski definition) is 5. The molecule has 2 aromatic carbocycles. The molecular weight excluding hydrogens is 464 g/mol. The Morgan fingerprint density at radius 2 is 1.53 bits per heavy atom. The lowest BCUT2D eigenvalue weighted by Gasteiger charge is -2.11. The first-order valence-electron chi connectivity index (χ1n) is 11.3. The molecule has 0 saturated carbocycles. The smallest absolute Gasteiger partial charge is 0.343 e. The number of aliphatic carboxylic acids is 1. The van der Waals surface area contributed by atoms with Crippen LogP contribution in [0.2, 0.25) is 0 Å². The molecule has 2 rings (SSSR count). The van der Waals surface area contributed by atoms with Gasteiger partial charge in [-0.15, -0.1) is 0 Å². The number of amidine groups is 1. The number of carboxylic acids is 1. The van der Waals surface area contributed by atoms with E-state index in [-0.39, 0.29) is 24.2 Å². The van der Waals surface area contributed by atoms with Crippen LogP contribution < -0.4 is 21.5 Å². The average Bonchev–Trinajstić information content (AvgIpc) is 2.85. The van der Waals surface area contributed by atoms with Gasteiger partial charge in [0, 0.05) is 18.1 Å². The van der Waals surface area contributed by atoms with Gasteiger partial charge in [-0.1, -0.05) is 38.8 Å². The standard InChI is InChI=1S/C22H22N4O6.C4H10/c23-18(27)11-10-17(21(29)30)26-19(28)12-3-13-1-4-15(5-2-13)22(31)32-16-8-6-14(7-9-16)20(24)25;1-3-4-2/h1-9,12,17H,10-11H2,(H2,23,27)(H3,24,25)(H,26,28)(H,29,30);3-4H2,1-2H3/b12-3+;/t17-;/m0./s1. The summed E-state index contributed by atoms with van der Waals surface area (Å²) < 4.78 is 5.26. The molecule has 0 aliphatic rings. The third kappa shape index (κ3) is 11.1. The number of ether oxygens (including phenoxy) is 1. The molecule has 192 valence electrons. The fourth-order valence-electron chi connectivity index (χ4n) is 2.53. The Hall–Kier alpha value is -4.47. The highest BCUT2D eigenvalue weighted by Gasteiger charge is 2.19. The fraction of sp³-hybridized carbons (Fsp3) is 0.269. The molecule has 2 aromatic rings. The van der Waals surface area contributed by atoms with Gasteiger partial charge < -0.3 is 26.6 Å². The Bertz CT molecular complexity index is 1080. The van der Waals surface area contributed by atoms with Gasteiger partial charge in [0.05, 0.1) is 5.56 Å². The summed E-state index contributed by atoms with van der Waals surface area (Å²) in [6.45, 7) is 4.36. The Morgan fingerprint density at radius 3 is 2.00 bits per heavy atom. The number of amides is 2. The molecule has 0 aromatic heterocycles. The molecule has 0 unspecified atom stereocenters. The number of carbonyl (C=O) groups is 4. The molecule has 36 heavy (non-hydrogen) atoms. The predicted octanol–water partition coefficient (Wildman–Crippen LogP) is 2.84. The molecular formula is C26H32N4O6. The summed E-state index contributed by atoms with van der Waals surface area (Å²) in [4.78, 5) is 46.1. The number of unbranched alkanes of at least 4 members (excludes halogenated alkanes) is 1. The second kappa shape index (κ2) is 15.4. The number of nitrogens with one attached hydrogen (secondary N) is 2. The number of benzene rings is 2. The van der Waals surface area contributed by atoms with Gasteiger partial charge in [-0.25, -0.2) is 9.59 Å². The van der Waals surface area contributed by atoms with Crippen LogP contribution in [-0.4, -0.2) is 40.7 Å². The quantitative estimate of drug-likeness (QED) is 0.104. The Balaban J connectivity index is 0.00000150. The third-order valence-corrected chi connectivity index (χ3v) is 4.74. The number of esters is 1. The highest BCUT2D eigenvalue weighted by Crippen LogP contribution is 2.15. The number of primary amides is 1. The predicted molar refractivity (Wildman–Crippen MR) is 136 cm³/mol. The second-order valence-electron chi connectivity index (χ2n) is 7.69. The third-order valence-electron chi connectivity index (χ3n) is 4.74. The van der Waals surface area contributed by atoms with Crippen LogP contribution >= 0.6 is 0 Å². The normalized spacial score (nSPS) is 11.1. The van der Waals surface area contributed by atoms with Gasteiger partial charge in [-0.2, -0.15) is 0 Å². The summed E-state index contributed by atoms with van der Waals surface area (Å²) in [7, 11) is 0. The van der Waals surface area contributed by atoms with Gasteiger partial charge in [-0.05, 0) is 54.5 Å². The maximum absolute atomic E-state index is 12.2. The monoisotopic (exact) mass is 496 g/mol. The zero-order valence-electron chi connectivity index (χ0n) is 20.3.